The van der Waals surface area contributed by atoms with Gasteiger partial charge in [0.2, 0.25) is 11.8 Å². The van der Waals surface area contributed by atoms with Crippen molar-refractivity contribution in [3.63, 3.8) is 0 Å². The van der Waals surface area contributed by atoms with Crippen LogP contribution in [0.4, 0.5) is 11.4 Å². The Morgan fingerprint density at radius 3 is 2.57 bits per heavy atom. The maximum Gasteiger partial charge on any atom is 0.257 e. The van der Waals surface area contributed by atoms with Gasteiger partial charge < -0.3 is 25.0 Å². The van der Waals surface area contributed by atoms with E-state index in [1.54, 1.807) is 29.2 Å². The fraction of sp³-hybridized carbons (Fsp3) is 0.318. The van der Waals surface area contributed by atoms with E-state index >= 15 is 0 Å². The molecule has 1 heterocycles. The van der Waals surface area contributed by atoms with Gasteiger partial charge >= 0.3 is 0 Å². The van der Waals surface area contributed by atoms with E-state index in [2.05, 4.69) is 10.6 Å². The van der Waals surface area contributed by atoms with E-state index in [1.165, 1.54) is 0 Å². The van der Waals surface area contributed by atoms with Crippen LogP contribution in [0.2, 0.25) is 0 Å². The first-order valence-electron chi connectivity index (χ1n) is 9.88. The smallest absolute Gasteiger partial charge is 0.257 e. The molecule has 3 amide bonds. The molecule has 1 aliphatic rings. The van der Waals surface area contributed by atoms with Gasteiger partial charge in [-0.05, 0) is 43.3 Å². The third kappa shape index (κ3) is 5.73. The van der Waals surface area contributed by atoms with Gasteiger partial charge in [-0.2, -0.15) is 0 Å². The third-order valence-corrected chi connectivity index (χ3v) is 4.48. The van der Waals surface area contributed by atoms with Crippen molar-refractivity contribution in [2.75, 3.05) is 36.5 Å². The van der Waals surface area contributed by atoms with Gasteiger partial charge in [-0.1, -0.05) is 12.1 Å². The molecular weight excluding hydrogens is 386 g/mol. The Morgan fingerprint density at radius 2 is 1.80 bits per heavy atom. The number of hydrogen-bond acceptors (Lipinski definition) is 5. The molecule has 158 valence electrons. The first kappa shape index (κ1) is 21.2. The lowest BCUT2D eigenvalue weighted by molar-refractivity contribution is -0.123. The summed E-state index contributed by atoms with van der Waals surface area (Å²) < 4.78 is 10.9. The number of hydrogen-bond donors (Lipinski definition) is 2. The number of fused-ring (bicyclic) bond motifs is 1. The fourth-order valence-electron chi connectivity index (χ4n) is 3.04. The maximum atomic E-state index is 12.6. The molecule has 2 N–H and O–H groups in total. The van der Waals surface area contributed by atoms with E-state index in [4.69, 9.17) is 9.47 Å². The molecule has 30 heavy (non-hydrogen) atoms. The number of nitrogens with zero attached hydrogens (tertiary/aromatic N) is 1. The Balaban J connectivity index is 1.46. The van der Waals surface area contributed by atoms with Crippen LogP contribution in [0.1, 0.15) is 19.8 Å². The number of likely N-dealkylation sites (N-methyl/N-ethyl adjacent to an activating group) is 1. The molecule has 1 aliphatic heterocycles. The van der Waals surface area contributed by atoms with E-state index in [-0.39, 0.29) is 37.2 Å². The quantitative estimate of drug-likeness (QED) is 0.695. The Hall–Kier alpha value is -3.55. The number of ether oxygens (including phenoxy) is 2. The average molecular weight is 411 g/mol. The zero-order valence-electron chi connectivity index (χ0n) is 16.8. The lowest BCUT2D eigenvalue weighted by atomic mass is 10.2. The number of amides is 3. The summed E-state index contributed by atoms with van der Waals surface area (Å²) in [6.45, 7) is 3.22. The van der Waals surface area contributed by atoms with Crippen molar-refractivity contribution in [1.82, 2.24) is 5.32 Å². The molecule has 3 rings (SSSR count). The van der Waals surface area contributed by atoms with Crippen molar-refractivity contribution >= 4 is 29.1 Å². The van der Waals surface area contributed by atoms with Crippen molar-refractivity contribution in [3.8, 4) is 11.5 Å². The van der Waals surface area contributed by atoms with Crippen molar-refractivity contribution in [2.45, 2.75) is 19.8 Å². The number of carbonyl (C=O) groups excluding carboxylic acids is 3. The van der Waals surface area contributed by atoms with Crippen LogP contribution < -0.4 is 25.0 Å². The molecule has 0 spiro atoms. The molecule has 0 saturated carbocycles. The van der Waals surface area contributed by atoms with Crippen LogP contribution in [0.25, 0.3) is 0 Å². The standard InChI is InChI=1S/C22H25N3O5/c1-2-23-21(27)15-30-17-9-7-16(8-10-17)24-20(26)11-12-22(28)25-13-14-29-19-6-4-3-5-18(19)25/h3-10H,2,11-15H2,1H3,(H,23,27)(H,24,26). The average Bonchev–Trinajstić information content (AvgIpc) is 2.77. The van der Waals surface area contributed by atoms with E-state index in [9.17, 15) is 14.4 Å². The number of nitrogens with one attached hydrogen (secondary N) is 2. The van der Waals surface area contributed by atoms with Crippen LogP contribution in [0.3, 0.4) is 0 Å². The van der Waals surface area contributed by atoms with Crippen LogP contribution >= 0.6 is 0 Å². The summed E-state index contributed by atoms with van der Waals surface area (Å²) >= 11 is 0. The van der Waals surface area contributed by atoms with Crippen LogP contribution in [0.15, 0.2) is 48.5 Å². The molecule has 8 nitrogen and oxygen atoms in total. The molecule has 0 atom stereocenters. The van der Waals surface area contributed by atoms with Crippen molar-refractivity contribution < 1.29 is 23.9 Å². The number of anilines is 2. The van der Waals surface area contributed by atoms with Crippen LogP contribution in [0, 0.1) is 0 Å². The van der Waals surface area contributed by atoms with Crippen molar-refractivity contribution in [3.05, 3.63) is 48.5 Å². The van der Waals surface area contributed by atoms with Crippen molar-refractivity contribution in [2.24, 2.45) is 0 Å². The molecule has 2 aromatic rings. The lowest BCUT2D eigenvalue weighted by Gasteiger charge is -2.29. The first-order valence-corrected chi connectivity index (χ1v) is 9.88. The normalized spacial score (nSPS) is 12.4. The molecule has 0 fully saturated rings. The van der Waals surface area contributed by atoms with Gasteiger partial charge in [0, 0.05) is 25.1 Å². The molecule has 8 heteroatoms. The predicted octanol–water partition coefficient (Wildman–Crippen LogP) is 2.35. The molecule has 0 unspecified atom stereocenters. The number of carbonyl (C=O) groups is 3. The topological polar surface area (TPSA) is 97.0 Å². The summed E-state index contributed by atoms with van der Waals surface area (Å²) in [6.07, 6.45) is 0.182. The zero-order chi connectivity index (χ0) is 21.3. The highest BCUT2D eigenvalue weighted by atomic mass is 16.5. The van der Waals surface area contributed by atoms with E-state index in [0.717, 1.165) is 5.69 Å². The van der Waals surface area contributed by atoms with E-state index in [0.29, 0.717) is 36.9 Å². The monoisotopic (exact) mass is 411 g/mol. The van der Waals surface area contributed by atoms with Gasteiger partial charge in [0.05, 0.1) is 12.2 Å². The van der Waals surface area contributed by atoms with E-state index in [1.807, 2.05) is 31.2 Å². The second-order valence-corrected chi connectivity index (χ2v) is 6.68. The minimum atomic E-state index is -0.249. The lowest BCUT2D eigenvalue weighted by Crippen LogP contribution is -2.38. The largest absolute Gasteiger partial charge is 0.490 e. The van der Waals surface area contributed by atoms with E-state index < -0.39 is 0 Å². The summed E-state index contributed by atoms with van der Waals surface area (Å²) in [5.41, 5.74) is 1.33. The number of para-hydroxylation sites is 2. The molecular formula is C22H25N3O5. The Labute approximate surface area is 175 Å². The van der Waals surface area contributed by atoms with Gasteiger partial charge in [-0.15, -0.1) is 0 Å². The van der Waals surface area contributed by atoms with Gasteiger partial charge in [0.1, 0.15) is 18.1 Å². The Kier molecular flexibility index (Phi) is 7.26. The summed E-state index contributed by atoms with van der Waals surface area (Å²) in [5.74, 6) is 0.648. The summed E-state index contributed by atoms with van der Waals surface area (Å²) in [5, 5.41) is 5.41. The summed E-state index contributed by atoms with van der Waals surface area (Å²) in [4.78, 5) is 37.9. The molecule has 0 saturated heterocycles. The predicted molar refractivity (Wildman–Crippen MR) is 113 cm³/mol. The zero-order valence-corrected chi connectivity index (χ0v) is 16.8. The fourth-order valence-corrected chi connectivity index (χ4v) is 3.04. The number of benzene rings is 2. The van der Waals surface area contributed by atoms with Crippen LogP contribution in [-0.4, -0.2) is 44.0 Å². The van der Waals surface area contributed by atoms with Gasteiger partial charge in [-0.25, -0.2) is 0 Å². The summed E-state index contributed by atoms with van der Waals surface area (Å²) in [7, 11) is 0. The second-order valence-electron chi connectivity index (χ2n) is 6.68. The molecule has 2 aromatic carbocycles. The van der Waals surface area contributed by atoms with Crippen LogP contribution in [-0.2, 0) is 14.4 Å². The minimum absolute atomic E-state index is 0.0632. The molecule has 0 aliphatic carbocycles. The highest BCUT2D eigenvalue weighted by Gasteiger charge is 2.23. The first-order chi connectivity index (χ1) is 14.6. The van der Waals surface area contributed by atoms with Gasteiger partial charge in [-0.3, -0.25) is 14.4 Å². The SMILES string of the molecule is CCNC(=O)COc1ccc(NC(=O)CCC(=O)N2CCOc3ccccc32)cc1. The molecule has 0 radical (unpaired) electrons. The number of rotatable bonds is 8. The highest BCUT2D eigenvalue weighted by Crippen LogP contribution is 2.31. The van der Waals surface area contributed by atoms with Gasteiger partial charge in [0.25, 0.3) is 5.91 Å². The maximum absolute atomic E-state index is 12.6. The molecule has 0 bridgehead atoms. The van der Waals surface area contributed by atoms with Gasteiger partial charge in [0.15, 0.2) is 6.61 Å². The Morgan fingerprint density at radius 1 is 1.03 bits per heavy atom. The minimum Gasteiger partial charge on any atom is -0.490 e. The van der Waals surface area contributed by atoms with Crippen LogP contribution in [0.5, 0.6) is 11.5 Å². The second kappa shape index (κ2) is 10.3. The summed E-state index contributed by atoms with van der Waals surface area (Å²) in [6, 6.07) is 14.1. The highest BCUT2D eigenvalue weighted by molar-refractivity contribution is 5.99. The van der Waals surface area contributed by atoms with Crippen molar-refractivity contribution in [1.29, 1.82) is 0 Å². The molecule has 0 aromatic heterocycles. The Bertz CT molecular complexity index is 898. The third-order valence-electron chi connectivity index (χ3n) is 4.48.